The van der Waals surface area contributed by atoms with Crippen LogP contribution in [0.25, 0.3) is 0 Å². The van der Waals surface area contributed by atoms with Gasteiger partial charge in [0.05, 0.1) is 11.7 Å². The van der Waals surface area contributed by atoms with Crippen LogP contribution in [-0.4, -0.2) is 5.97 Å². The molecule has 3 heteroatoms. The van der Waals surface area contributed by atoms with E-state index in [9.17, 15) is 4.79 Å². The molecule has 0 bridgehead atoms. The summed E-state index contributed by atoms with van der Waals surface area (Å²) in [5.41, 5.74) is -0.546. The predicted octanol–water partition coefficient (Wildman–Crippen LogP) is 4.10. The van der Waals surface area contributed by atoms with Crippen LogP contribution in [0.1, 0.15) is 58.8 Å². The minimum Gasteiger partial charge on any atom is -0.464 e. The first kappa shape index (κ1) is 15.4. The molecule has 0 aliphatic heterocycles. The maximum absolute atomic E-state index is 11.9. The van der Waals surface area contributed by atoms with E-state index in [0.717, 1.165) is 19.3 Å². The highest BCUT2D eigenvalue weighted by Crippen LogP contribution is 2.23. The van der Waals surface area contributed by atoms with E-state index in [-0.39, 0.29) is 5.97 Å². The monoisotopic (exact) mass is 262 g/mol. The number of esters is 1. The second-order valence-electron chi connectivity index (χ2n) is 5.48. The van der Waals surface area contributed by atoms with Gasteiger partial charge in [0, 0.05) is 6.42 Å². The van der Waals surface area contributed by atoms with Crippen molar-refractivity contribution < 1.29 is 13.9 Å². The molecule has 1 aromatic rings. The fourth-order valence-electron chi connectivity index (χ4n) is 1.31. The Bertz CT molecular complexity index is 441. The Hall–Kier alpha value is -1.69. The third-order valence-electron chi connectivity index (χ3n) is 2.53. The number of hydrogen-bond acceptors (Lipinski definition) is 3. The van der Waals surface area contributed by atoms with Crippen LogP contribution in [0, 0.1) is 17.3 Å². The van der Waals surface area contributed by atoms with Gasteiger partial charge >= 0.3 is 5.97 Å². The Morgan fingerprint density at radius 2 is 2.21 bits per heavy atom. The zero-order valence-corrected chi connectivity index (χ0v) is 12.2. The van der Waals surface area contributed by atoms with Gasteiger partial charge in [0.1, 0.15) is 0 Å². The van der Waals surface area contributed by atoms with E-state index < -0.39 is 11.5 Å². The van der Waals surface area contributed by atoms with Crippen LogP contribution in [0.2, 0.25) is 0 Å². The van der Waals surface area contributed by atoms with Crippen LogP contribution in [0.4, 0.5) is 0 Å². The van der Waals surface area contributed by atoms with Gasteiger partial charge in [-0.3, -0.25) is 4.79 Å². The summed E-state index contributed by atoms with van der Waals surface area (Å²) in [7, 11) is 0. The molecule has 104 valence electrons. The van der Waals surface area contributed by atoms with Crippen molar-refractivity contribution in [3.05, 3.63) is 24.2 Å². The molecule has 1 rings (SSSR count). The molecule has 1 unspecified atom stereocenters. The van der Waals surface area contributed by atoms with Crippen LogP contribution >= 0.6 is 0 Å². The van der Waals surface area contributed by atoms with Crippen LogP contribution in [0.3, 0.4) is 0 Å². The number of ether oxygens (including phenoxy) is 1. The van der Waals surface area contributed by atoms with E-state index in [2.05, 4.69) is 18.8 Å². The smallest absolute Gasteiger partial charge is 0.312 e. The maximum atomic E-state index is 11.9. The van der Waals surface area contributed by atoms with E-state index in [4.69, 9.17) is 9.15 Å². The molecule has 0 N–H and O–H groups in total. The molecular weight excluding hydrogens is 240 g/mol. The predicted molar refractivity (Wildman–Crippen MR) is 74.3 cm³/mol. The summed E-state index contributed by atoms with van der Waals surface area (Å²) in [5, 5.41) is 0. The maximum Gasteiger partial charge on any atom is 0.312 e. The Labute approximate surface area is 115 Å². The van der Waals surface area contributed by atoms with E-state index >= 15 is 0 Å². The van der Waals surface area contributed by atoms with Crippen molar-refractivity contribution in [2.24, 2.45) is 5.41 Å². The topological polar surface area (TPSA) is 39.4 Å². The van der Waals surface area contributed by atoms with E-state index in [0.29, 0.717) is 5.76 Å². The number of furan rings is 1. The van der Waals surface area contributed by atoms with Crippen LogP contribution in [-0.2, 0) is 9.53 Å². The minimum absolute atomic E-state index is 0.279. The summed E-state index contributed by atoms with van der Waals surface area (Å²) >= 11 is 0. The van der Waals surface area contributed by atoms with Gasteiger partial charge in [-0.15, -0.1) is 0 Å². The third kappa shape index (κ3) is 5.21. The number of carbonyl (C=O) groups is 1. The third-order valence-corrected chi connectivity index (χ3v) is 2.53. The highest BCUT2D eigenvalue weighted by Gasteiger charge is 2.27. The van der Waals surface area contributed by atoms with Gasteiger partial charge in [-0.2, -0.15) is 0 Å². The van der Waals surface area contributed by atoms with Gasteiger partial charge in [-0.05, 0) is 39.3 Å². The fourth-order valence-corrected chi connectivity index (χ4v) is 1.31. The molecule has 0 aromatic carbocycles. The number of carbonyl (C=O) groups excluding carboxylic acids is 1. The van der Waals surface area contributed by atoms with Crippen molar-refractivity contribution in [1.29, 1.82) is 0 Å². The summed E-state index contributed by atoms with van der Waals surface area (Å²) in [5.74, 6) is 6.31. The van der Waals surface area contributed by atoms with Crippen molar-refractivity contribution in [3.63, 3.8) is 0 Å². The first-order valence-electron chi connectivity index (χ1n) is 6.68. The molecule has 0 saturated carbocycles. The summed E-state index contributed by atoms with van der Waals surface area (Å²) in [4.78, 5) is 11.9. The fraction of sp³-hybridized carbons (Fsp3) is 0.562. The Morgan fingerprint density at radius 3 is 2.74 bits per heavy atom. The quantitative estimate of drug-likeness (QED) is 0.466. The largest absolute Gasteiger partial charge is 0.464 e. The standard InChI is InChI=1S/C16H22O3/c1-5-6-7-8-10-14(13-11-9-12-18-13)19-15(17)16(2,3)4/h9,11-12,14H,5-7H2,1-4H3. The van der Waals surface area contributed by atoms with Crippen molar-refractivity contribution >= 4 is 5.97 Å². The van der Waals surface area contributed by atoms with Gasteiger partial charge in [0.25, 0.3) is 0 Å². The van der Waals surface area contributed by atoms with Gasteiger partial charge in [0.2, 0.25) is 6.10 Å². The summed E-state index contributed by atoms with van der Waals surface area (Å²) < 4.78 is 10.7. The van der Waals surface area contributed by atoms with Crippen molar-refractivity contribution in [1.82, 2.24) is 0 Å². The zero-order valence-electron chi connectivity index (χ0n) is 12.2. The molecular formula is C16H22O3. The normalized spacial score (nSPS) is 12.4. The molecule has 1 aromatic heterocycles. The molecule has 1 atom stereocenters. The number of rotatable bonds is 4. The average Bonchev–Trinajstić information content (AvgIpc) is 2.85. The molecule has 0 fully saturated rings. The van der Waals surface area contributed by atoms with E-state index in [1.54, 1.807) is 18.4 Å². The van der Waals surface area contributed by atoms with Crippen molar-refractivity contribution in [2.45, 2.75) is 53.1 Å². The van der Waals surface area contributed by atoms with Gasteiger partial charge in [-0.1, -0.05) is 25.2 Å². The lowest BCUT2D eigenvalue weighted by Gasteiger charge is -2.19. The first-order chi connectivity index (χ1) is 8.95. The molecule has 0 aliphatic rings. The molecule has 0 spiro atoms. The van der Waals surface area contributed by atoms with E-state index in [1.165, 1.54) is 0 Å². The lowest BCUT2D eigenvalue weighted by Crippen LogP contribution is -2.24. The van der Waals surface area contributed by atoms with Gasteiger partial charge in [-0.25, -0.2) is 0 Å². The molecule has 1 heterocycles. The highest BCUT2D eigenvalue weighted by molar-refractivity contribution is 5.75. The molecule has 0 saturated heterocycles. The van der Waals surface area contributed by atoms with Gasteiger partial charge in [0.15, 0.2) is 5.76 Å². The van der Waals surface area contributed by atoms with Crippen LogP contribution in [0.15, 0.2) is 22.8 Å². The Balaban J connectivity index is 2.76. The SMILES string of the molecule is CCCCC#CC(OC(=O)C(C)(C)C)c1ccco1. The number of hydrogen-bond donors (Lipinski definition) is 0. The van der Waals surface area contributed by atoms with Crippen LogP contribution < -0.4 is 0 Å². The number of unbranched alkanes of at least 4 members (excludes halogenated alkanes) is 2. The lowest BCUT2D eigenvalue weighted by atomic mass is 9.97. The lowest BCUT2D eigenvalue weighted by molar-refractivity contribution is -0.156. The van der Waals surface area contributed by atoms with Crippen molar-refractivity contribution in [2.75, 3.05) is 0 Å². The molecule has 3 nitrogen and oxygen atoms in total. The first-order valence-corrected chi connectivity index (χ1v) is 6.68. The highest BCUT2D eigenvalue weighted by atomic mass is 16.6. The van der Waals surface area contributed by atoms with Crippen LogP contribution in [0.5, 0.6) is 0 Å². The summed E-state index contributed by atoms with van der Waals surface area (Å²) in [6.07, 6.45) is 3.90. The molecule has 19 heavy (non-hydrogen) atoms. The second-order valence-corrected chi connectivity index (χ2v) is 5.48. The molecule has 0 aliphatic carbocycles. The second kappa shape index (κ2) is 7.04. The molecule has 0 amide bonds. The van der Waals surface area contributed by atoms with Gasteiger partial charge < -0.3 is 9.15 Å². The Kier molecular flexibility index (Phi) is 5.69. The average molecular weight is 262 g/mol. The summed E-state index contributed by atoms with van der Waals surface area (Å²) in [6, 6.07) is 3.54. The molecule has 0 radical (unpaired) electrons. The van der Waals surface area contributed by atoms with E-state index in [1.807, 2.05) is 20.8 Å². The Morgan fingerprint density at radius 1 is 1.47 bits per heavy atom. The zero-order chi connectivity index (χ0) is 14.3. The summed E-state index contributed by atoms with van der Waals surface area (Å²) in [6.45, 7) is 7.57. The van der Waals surface area contributed by atoms with Crippen molar-refractivity contribution in [3.8, 4) is 11.8 Å². The minimum atomic E-state index is -0.612.